The summed E-state index contributed by atoms with van der Waals surface area (Å²) in [7, 11) is 0. The molecule has 0 bridgehead atoms. The summed E-state index contributed by atoms with van der Waals surface area (Å²) in [4.78, 5) is 28.9. The predicted molar refractivity (Wildman–Crippen MR) is 233 cm³/mol. The molecule has 3 heterocycles. The molecule has 0 saturated carbocycles. The maximum Gasteiger partial charge on any atom is 0.231 e. The second kappa shape index (κ2) is 18.4. The van der Waals surface area contributed by atoms with E-state index in [1.165, 1.54) is 32.9 Å². The van der Waals surface area contributed by atoms with Gasteiger partial charge in [-0.2, -0.15) is 0 Å². The van der Waals surface area contributed by atoms with Crippen molar-refractivity contribution < 1.29 is 89.8 Å². The van der Waals surface area contributed by atoms with Crippen LogP contribution in [0.25, 0.3) is 22.3 Å². The number of carbonyl (C=O) groups is 2. The third kappa shape index (κ3) is 8.45. The largest absolute Gasteiger partial charge is 0.461 e. The van der Waals surface area contributed by atoms with Crippen LogP contribution in [0.2, 0.25) is 0 Å². The number of Topliss-reactive ketones (excluding diaryl/α,β-unsaturated/α-hetero) is 2. The molecule has 2 aromatic rings. The average molecular weight is 925 g/mol. The van der Waals surface area contributed by atoms with E-state index in [0.717, 1.165) is 0 Å². The third-order valence-corrected chi connectivity index (χ3v) is 14.0. The number of rotatable bonds is 10. The lowest BCUT2D eigenvalue weighted by Crippen LogP contribution is -2.66. The minimum absolute atomic E-state index is 0.207. The third-order valence-electron chi connectivity index (χ3n) is 14.0. The Balaban J connectivity index is 1.32. The van der Waals surface area contributed by atoms with E-state index in [9.17, 15) is 70.9 Å². The van der Waals surface area contributed by atoms with Gasteiger partial charge in [-0.1, -0.05) is 44.2 Å². The summed E-state index contributed by atoms with van der Waals surface area (Å²) in [5.74, 6) is -2.50. The first-order valence-corrected chi connectivity index (χ1v) is 21.8. The number of ether oxygens (including phenoxy) is 4. The number of hydrogen-bond acceptors (Lipinski definition) is 18. The van der Waals surface area contributed by atoms with Crippen molar-refractivity contribution in [2.75, 3.05) is 19.8 Å². The Bertz CT molecular complexity index is 2220. The summed E-state index contributed by atoms with van der Waals surface area (Å²) in [6.45, 7) is 6.66. The van der Waals surface area contributed by atoms with Crippen LogP contribution in [0.3, 0.4) is 0 Å². The first kappa shape index (κ1) is 49.8. The zero-order valence-corrected chi connectivity index (χ0v) is 37.3. The van der Waals surface area contributed by atoms with E-state index in [2.05, 4.69) is 0 Å². The highest BCUT2D eigenvalue weighted by Crippen LogP contribution is 2.44. The van der Waals surface area contributed by atoms with E-state index < -0.39 is 133 Å². The lowest BCUT2D eigenvalue weighted by Gasteiger charge is -2.48. The highest BCUT2D eigenvalue weighted by Gasteiger charge is 2.56. The van der Waals surface area contributed by atoms with Crippen LogP contribution in [0.4, 0.5) is 0 Å². The number of allylic oxidation sites excluding steroid dienone is 6. The number of hydrogen-bond donors (Lipinski definition) is 12. The number of ketones is 2. The number of benzene rings is 2. The quantitative estimate of drug-likeness (QED) is 0.133. The summed E-state index contributed by atoms with van der Waals surface area (Å²) < 4.78 is 23.4. The molecule has 18 heteroatoms. The first-order chi connectivity index (χ1) is 30.9. The van der Waals surface area contributed by atoms with Crippen molar-refractivity contribution in [3.05, 3.63) is 88.5 Å². The molecule has 66 heavy (non-hydrogen) atoms. The van der Waals surface area contributed by atoms with Gasteiger partial charge in [-0.05, 0) is 97.0 Å². The van der Waals surface area contributed by atoms with Crippen LogP contribution in [0.1, 0.15) is 51.3 Å². The average Bonchev–Trinajstić information content (AvgIpc) is 3.28. The molecule has 2 unspecified atom stereocenters. The predicted octanol–water partition coefficient (Wildman–Crippen LogP) is -1.25. The van der Waals surface area contributed by atoms with Gasteiger partial charge in [-0.25, -0.2) is 0 Å². The summed E-state index contributed by atoms with van der Waals surface area (Å²) >= 11 is 0. The molecule has 0 aromatic heterocycles. The minimum Gasteiger partial charge on any atom is -0.461 e. The van der Waals surface area contributed by atoms with Gasteiger partial charge in [0.15, 0.2) is 17.2 Å². The Morgan fingerprint density at radius 3 is 1.35 bits per heavy atom. The highest BCUT2D eigenvalue weighted by molar-refractivity contribution is 6.26. The molecule has 3 fully saturated rings. The molecule has 17 atom stereocenters. The van der Waals surface area contributed by atoms with Crippen LogP contribution < -0.4 is 4.74 Å². The maximum absolute atomic E-state index is 14.5. The summed E-state index contributed by atoms with van der Waals surface area (Å²) in [6, 6.07) is 10.1. The molecular weight excluding hydrogens is 865 g/mol. The van der Waals surface area contributed by atoms with Gasteiger partial charge in [0.2, 0.25) is 6.29 Å². The molecular formula is C48H60O18. The normalized spacial score (nSPS) is 40.9. The lowest BCUT2D eigenvalue weighted by molar-refractivity contribution is -0.314. The molecule has 5 aliphatic rings. The van der Waals surface area contributed by atoms with Crippen LogP contribution in [0.15, 0.2) is 71.8 Å². The number of aliphatic hydroxyl groups is 12. The second-order valence-electron chi connectivity index (χ2n) is 18.7. The summed E-state index contributed by atoms with van der Waals surface area (Å²) in [6.07, 6.45) is -11.6. The fourth-order valence-corrected chi connectivity index (χ4v) is 9.56. The van der Waals surface area contributed by atoms with Crippen LogP contribution in [0, 0.1) is 18.8 Å². The molecule has 18 nitrogen and oxygen atoms in total. The molecule has 7 rings (SSSR count). The standard InChI is InChI=1S/C48H60O18/c1-20-13-23(7-12-31(20)65-45-48(6,62)42(59)39(56)34(19-51)66-45)24-14-25(29-10-8-27(21(2)35(29)52)43-46(4,60)40(57)37(54)32(17-49)63-43)16-26(15-24)30-11-9-28(22(3)36(30)53)44-47(5,61)41(58)38(55)33(18-50)64-44/h7-16,21-22,32-34,37-45,49-51,54-62H,17-19H2,1-6H3/t21?,22?,32-,33-,34-,37-,38-,39-,40+,41+,42+,43-,44-,45+,46+,47+,48+/m1/s1. The molecule has 12 N–H and O–H groups in total. The van der Waals surface area contributed by atoms with Gasteiger partial charge in [0.05, 0.1) is 19.8 Å². The van der Waals surface area contributed by atoms with Crippen molar-refractivity contribution in [1.82, 2.24) is 0 Å². The second-order valence-corrected chi connectivity index (χ2v) is 18.7. The SMILES string of the molecule is Cc1cc(-c2cc(C3=CC=C([C@H]4O[C@H](CO)[C@@H](O)[C@H](O)[C@]4(C)O)C(C)C3=O)cc(C3=CC=C([C@H]4O[C@H](CO)[C@@H](O)[C@H](O)[C@]4(C)O)C(C)C3=O)c2)ccc1O[C@H]1O[C@H](CO)[C@@H](O)[C@H](O)[C@]1(C)O. The van der Waals surface area contributed by atoms with Crippen LogP contribution in [-0.2, 0) is 23.8 Å². The maximum atomic E-state index is 14.5. The summed E-state index contributed by atoms with van der Waals surface area (Å²) in [5.41, 5.74) is -2.84. The van der Waals surface area contributed by atoms with E-state index >= 15 is 0 Å². The number of aryl methyl sites for hydroxylation is 1. The topological polar surface area (TPSA) is 314 Å². The zero-order valence-electron chi connectivity index (χ0n) is 37.3. The van der Waals surface area contributed by atoms with Gasteiger partial charge in [0, 0.05) is 23.0 Å². The van der Waals surface area contributed by atoms with Gasteiger partial charge in [-0.3, -0.25) is 9.59 Å². The molecule has 0 radical (unpaired) electrons. The molecule has 0 spiro atoms. The molecule has 0 amide bonds. The Morgan fingerprint density at radius 1 is 0.545 bits per heavy atom. The lowest BCUT2D eigenvalue weighted by atomic mass is 9.73. The smallest absolute Gasteiger partial charge is 0.231 e. The Kier molecular flexibility index (Phi) is 13.9. The monoisotopic (exact) mass is 924 g/mol. The molecule has 2 aromatic carbocycles. The van der Waals surface area contributed by atoms with Crippen molar-refractivity contribution in [3.63, 3.8) is 0 Å². The van der Waals surface area contributed by atoms with E-state index in [1.807, 2.05) is 0 Å². The van der Waals surface area contributed by atoms with E-state index in [-0.39, 0.29) is 28.0 Å². The molecule has 3 aliphatic heterocycles. The first-order valence-electron chi connectivity index (χ1n) is 21.8. The van der Waals surface area contributed by atoms with Crippen molar-refractivity contribution in [1.29, 1.82) is 0 Å². The van der Waals surface area contributed by atoms with Crippen molar-refractivity contribution >= 4 is 22.7 Å². The van der Waals surface area contributed by atoms with Gasteiger partial charge >= 0.3 is 0 Å². The van der Waals surface area contributed by atoms with Crippen LogP contribution in [-0.4, -0.2) is 183 Å². The number of carbonyl (C=O) groups excluding carboxylic acids is 2. The van der Waals surface area contributed by atoms with Crippen molar-refractivity contribution in [2.24, 2.45) is 11.8 Å². The van der Waals surface area contributed by atoms with Gasteiger partial charge in [-0.15, -0.1) is 0 Å². The Hall–Kier alpha value is -4.06. The fraction of sp³-hybridized carbons (Fsp3) is 0.542. The molecule has 2 aliphatic carbocycles. The van der Waals surface area contributed by atoms with E-state index in [0.29, 0.717) is 27.8 Å². The summed E-state index contributed by atoms with van der Waals surface area (Å²) in [5, 5.41) is 127. The van der Waals surface area contributed by atoms with Crippen LogP contribution in [0.5, 0.6) is 5.75 Å². The van der Waals surface area contributed by atoms with Crippen molar-refractivity contribution in [3.8, 4) is 16.9 Å². The number of aliphatic hydroxyl groups excluding tert-OH is 9. The van der Waals surface area contributed by atoms with Gasteiger partial charge in [0.25, 0.3) is 0 Å². The van der Waals surface area contributed by atoms with Gasteiger partial charge < -0.3 is 80.2 Å². The van der Waals surface area contributed by atoms with Crippen LogP contribution >= 0.6 is 0 Å². The van der Waals surface area contributed by atoms with E-state index in [4.69, 9.17) is 18.9 Å². The molecule has 3 saturated heterocycles. The van der Waals surface area contributed by atoms with Crippen molar-refractivity contribution in [2.45, 2.75) is 132 Å². The molecule has 360 valence electrons. The Labute approximate surface area is 380 Å². The minimum atomic E-state index is -2.09. The van der Waals surface area contributed by atoms with Gasteiger partial charge in [0.1, 0.15) is 84.1 Å². The Morgan fingerprint density at radius 2 is 0.939 bits per heavy atom. The highest BCUT2D eigenvalue weighted by atomic mass is 16.7. The zero-order chi connectivity index (χ0) is 48.5. The fourth-order valence-electron chi connectivity index (χ4n) is 9.56. The van der Waals surface area contributed by atoms with E-state index in [1.54, 1.807) is 69.3 Å².